The van der Waals surface area contributed by atoms with E-state index in [1.165, 1.54) is 25.8 Å². The van der Waals surface area contributed by atoms with E-state index in [9.17, 15) is 4.79 Å². The van der Waals surface area contributed by atoms with Crippen molar-refractivity contribution in [2.24, 2.45) is 5.92 Å². The normalized spacial score (nSPS) is 29.1. The number of hydrogen-bond donors (Lipinski definition) is 1. The van der Waals surface area contributed by atoms with E-state index in [0.717, 1.165) is 30.7 Å². The highest BCUT2D eigenvalue weighted by Crippen LogP contribution is 2.31. The summed E-state index contributed by atoms with van der Waals surface area (Å²) in [6.45, 7) is 3.31. The fourth-order valence-electron chi connectivity index (χ4n) is 3.43. The van der Waals surface area contributed by atoms with Gasteiger partial charge >= 0.3 is 0 Å². The number of H-pyrrole nitrogens is 1. The van der Waals surface area contributed by atoms with E-state index < -0.39 is 0 Å². The van der Waals surface area contributed by atoms with Crippen LogP contribution in [-0.2, 0) is 0 Å². The Morgan fingerprint density at radius 3 is 3.11 bits per heavy atom. The molecule has 0 spiro atoms. The van der Waals surface area contributed by atoms with Gasteiger partial charge in [0, 0.05) is 25.2 Å². The van der Waals surface area contributed by atoms with Crippen LogP contribution in [0.25, 0.3) is 0 Å². The Hall–Kier alpha value is -1.36. The van der Waals surface area contributed by atoms with Gasteiger partial charge in [0.1, 0.15) is 0 Å². The lowest BCUT2D eigenvalue weighted by molar-refractivity contribution is 0.102. The first-order valence-corrected chi connectivity index (χ1v) is 6.74. The van der Waals surface area contributed by atoms with Crippen molar-refractivity contribution in [3.8, 4) is 0 Å². The van der Waals surface area contributed by atoms with Crippen molar-refractivity contribution in [2.75, 3.05) is 31.6 Å². The molecule has 0 aliphatic carbocycles. The van der Waals surface area contributed by atoms with Crippen molar-refractivity contribution < 1.29 is 0 Å². The second kappa shape index (κ2) is 4.72. The molecule has 2 unspecified atom stereocenters. The van der Waals surface area contributed by atoms with Crippen LogP contribution in [0.5, 0.6) is 0 Å². The van der Waals surface area contributed by atoms with Gasteiger partial charge in [-0.15, -0.1) is 0 Å². The van der Waals surface area contributed by atoms with Crippen molar-refractivity contribution in [2.45, 2.75) is 25.3 Å². The lowest BCUT2D eigenvalue weighted by atomic mass is 9.84. The van der Waals surface area contributed by atoms with Gasteiger partial charge < -0.3 is 9.80 Å². The van der Waals surface area contributed by atoms with E-state index in [1.54, 1.807) is 12.3 Å². The molecule has 2 saturated heterocycles. The van der Waals surface area contributed by atoms with Crippen molar-refractivity contribution in [1.29, 1.82) is 0 Å². The molecular weight excluding hydrogens is 228 g/mol. The molecule has 1 N–H and O–H groups in total. The van der Waals surface area contributed by atoms with Gasteiger partial charge in [0.25, 0.3) is 5.56 Å². The highest BCUT2D eigenvalue weighted by molar-refractivity contribution is 5.43. The molecule has 1 aromatic heterocycles. The van der Waals surface area contributed by atoms with Gasteiger partial charge in [-0.05, 0) is 38.8 Å². The van der Waals surface area contributed by atoms with Crippen molar-refractivity contribution in [3.05, 3.63) is 22.6 Å². The third-order valence-electron chi connectivity index (χ3n) is 4.36. The number of aromatic nitrogens is 2. The van der Waals surface area contributed by atoms with Crippen LogP contribution in [0.4, 0.5) is 5.69 Å². The highest BCUT2D eigenvalue weighted by atomic mass is 16.1. The van der Waals surface area contributed by atoms with Crippen molar-refractivity contribution >= 4 is 5.69 Å². The summed E-state index contributed by atoms with van der Waals surface area (Å²) in [7, 11) is 2.24. The molecule has 0 radical (unpaired) electrons. The first kappa shape index (κ1) is 11.7. The summed E-state index contributed by atoms with van der Waals surface area (Å²) in [5, 5.41) is 6.32. The molecule has 2 atom stereocenters. The fourth-order valence-corrected chi connectivity index (χ4v) is 3.43. The van der Waals surface area contributed by atoms with Crippen LogP contribution < -0.4 is 10.5 Å². The summed E-state index contributed by atoms with van der Waals surface area (Å²) in [4.78, 5) is 16.1. The lowest BCUT2D eigenvalue weighted by Crippen LogP contribution is -2.52. The van der Waals surface area contributed by atoms with Crippen molar-refractivity contribution in [3.63, 3.8) is 0 Å². The van der Waals surface area contributed by atoms with Crippen molar-refractivity contribution in [1.82, 2.24) is 15.1 Å². The van der Waals surface area contributed by atoms with Crippen LogP contribution in [0.3, 0.4) is 0 Å². The fraction of sp³-hybridized carbons (Fsp3) is 0.692. The Labute approximate surface area is 107 Å². The van der Waals surface area contributed by atoms with E-state index in [1.807, 2.05) is 0 Å². The zero-order valence-electron chi connectivity index (χ0n) is 10.8. The number of fused-ring (bicyclic) bond motifs is 1. The Kier molecular flexibility index (Phi) is 3.07. The number of rotatable bonds is 1. The summed E-state index contributed by atoms with van der Waals surface area (Å²) in [6.07, 6.45) is 5.55. The van der Waals surface area contributed by atoms with Crippen LogP contribution in [0.2, 0.25) is 0 Å². The standard InChI is InChI=1S/C13H20N4O/c1-16-5-2-3-10-9-17(6-4-12(10)16)11-7-13(18)15-14-8-11/h7-8,10,12H,2-6,9H2,1H3,(H,15,18). The molecule has 3 heterocycles. The van der Waals surface area contributed by atoms with E-state index in [-0.39, 0.29) is 5.56 Å². The zero-order valence-corrected chi connectivity index (χ0v) is 10.8. The Morgan fingerprint density at radius 2 is 2.28 bits per heavy atom. The third-order valence-corrected chi connectivity index (χ3v) is 4.36. The van der Waals surface area contributed by atoms with Gasteiger partial charge in [0.15, 0.2) is 0 Å². The maximum Gasteiger partial charge on any atom is 0.266 e. The first-order chi connectivity index (χ1) is 8.74. The van der Waals surface area contributed by atoms with Crippen LogP contribution >= 0.6 is 0 Å². The van der Waals surface area contributed by atoms with Gasteiger partial charge in [0.05, 0.1) is 11.9 Å². The van der Waals surface area contributed by atoms with Gasteiger partial charge in [0.2, 0.25) is 0 Å². The zero-order chi connectivity index (χ0) is 12.5. The SMILES string of the molecule is CN1CCCC2CN(c3cn[nH]c(=O)c3)CCC21. The van der Waals surface area contributed by atoms with E-state index in [2.05, 4.69) is 27.0 Å². The molecule has 1 aromatic rings. The van der Waals surface area contributed by atoms with E-state index in [0.29, 0.717) is 0 Å². The number of piperidine rings is 2. The van der Waals surface area contributed by atoms with E-state index in [4.69, 9.17) is 0 Å². The average Bonchev–Trinajstić information content (AvgIpc) is 2.39. The summed E-state index contributed by atoms with van der Waals surface area (Å²) >= 11 is 0. The van der Waals surface area contributed by atoms with Gasteiger partial charge in [-0.2, -0.15) is 5.10 Å². The second-order valence-corrected chi connectivity index (χ2v) is 5.49. The number of nitrogens with one attached hydrogen (secondary N) is 1. The maximum atomic E-state index is 11.3. The molecule has 5 nitrogen and oxygen atoms in total. The number of anilines is 1. The molecule has 2 fully saturated rings. The number of aromatic amines is 1. The molecule has 18 heavy (non-hydrogen) atoms. The molecule has 2 aliphatic rings. The number of nitrogens with zero attached hydrogens (tertiary/aromatic N) is 3. The first-order valence-electron chi connectivity index (χ1n) is 6.74. The highest BCUT2D eigenvalue weighted by Gasteiger charge is 2.34. The lowest BCUT2D eigenvalue weighted by Gasteiger charge is -2.46. The molecule has 3 rings (SSSR count). The molecule has 5 heteroatoms. The molecular formula is C13H20N4O. The largest absolute Gasteiger partial charge is 0.370 e. The summed E-state index contributed by atoms with van der Waals surface area (Å²) in [5.41, 5.74) is 0.848. The van der Waals surface area contributed by atoms with Crippen LogP contribution in [0, 0.1) is 5.92 Å². The Balaban J connectivity index is 1.76. The number of likely N-dealkylation sites (tertiary alicyclic amines) is 1. The van der Waals surface area contributed by atoms with Crippen LogP contribution in [0.1, 0.15) is 19.3 Å². The summed E-state index contributed by atoms with van der Waals surface area (Å²) < 4.78 is 0. The Bertz CT molecular complexity index is 472. The second-order valence-electron chi connectivity index (χ2n) is 5.49. The minimum Gasteiger partial charge on any atom is -0.370 e. The van der Waals surface area contributed by atoms with Gasteiger partial charge in [-0.1, -0.05) is 0 Å². The van der Waals surface area contributed by atoms with Crippen LogP contribution in [-0.4, -0.2) is 47.8 Å². The predicted molar refractivity (Wildman–Crippen MR) is 70.8 cm³/mol. The number of hydrogen-bond acceptors (Lipinski definition) is 4. The molecule has 98 valence electrons. The van der Waals surface area contributed by atoms with E-state index >= 15 is 0 Å². The Morgan fingerprint density at radius 1 is 1.39 bits per heavy atom. The van der Waals surface area contributed by atoms with Gasteiger partial charge in [-0.3, -0.25) is 4.79 Å². The molecule has 0 aromatic carbocycles. The quantitative estimate of drug-likeness (QED) is 0.794. The van der Waals surface area contributed by atoms with Gasteiger partial charge in [-0.25, -0.2) is 5.10 Å². The molecule has 0 amide bonds. The minimum absolute atomic E-state index is 0.115. The summed E-state index contributed by atoms with van der Waals surface area (Å²) in [6, 6.07) is 2.38. The predicted octanol–water partition coefficient (Wildman–Crippen LogP) is 0.690. The topological polar surface area (TPSA) is 52.2 Å². The summed E-state index contributed by atoms with van der Waals surface area (Å²) in [5.74, 6) is 0.733. The molecule has 0 saturated carbocycles. The maximum absolute atomic E-state index is 11.3. The molecule has 0 bridgehead atoms. The molecule has 2 aliphatic heterocycles. The smallest absolute Gasteiger partial charge is 0.266 e. The average molecular weight is 248 g/mol. The minimum atomic E-state index is -0.115. The third kappa shape index (κ3) is 2.14. The van der Waals surface area contributed by atoms with Crippen LogP contribution in [0.15, 0.2) is 17.1 Å². The monoisotopic (exact) mass is 248 g/mol.